The fraction of sp³-hybridized carbons (Fsp3) is 0.118. The summed E-state index contributed by atoms with van der Waals surface area (Å²) in [6, 6.07) is 9.17. The molecule has 0 aliphatic rings. The minimum absolute atomic E-state index is 0.0557. The molecule has 10 nitrogen and oxygen atoms in total. The fourth-order valence-corrected chi connectivity index (χ4v) is 2.40. The van der Waals surface area contributed by atoms with Gasteiger partial charge in [-0.05, 0) is 24.3 Å². The molecule has 1 aromatic carbocycles. The Labute approximate surface area is 154 Å². The SMILES string of the molecule is CO[C@@H](Nc1cnc(C(N)=O)c(Nc2ccc3ncccc3c2)n1)C(N)=O. The Hall–Kier alpha value is -3.79. The molecule has 0 unspecified atom stereocenters. The maximum atomic E-state index is 11.7. The second kappa shape index (κ2) is 7.62. The molecule has 3 rings (SSSR count). The maximum absolute atomic E-state index is 11.7. The molecule has 2 amide bonds. The Morgan fingerprint density at radius 1 is 1.19 bits per heavy atom. The standard InChI is InChI=1S/C17H17N7O3/c1-27-17(15(19)26)24-12-8-21-13(14(18)25)16(23-12)22-10-4-5-11-9(7-10)3-2-6-20-11/h2-8,17H,1H3,(H2,18,25)(H2,19,26)(H2,22,23,24)/t17-/m1/s1. The molecule has 0 saturated carbocycles. The van der Waals surface area contributed by atoms with Crippen LogP contribution in [-0.2, 0) is 9.53 Å². The van der Waals surface area contributed by atoms with Gasteiger partial charge in [-0.2, -0.15) is 0 Å². The zero-order valence-corrected chi connectivity index (χ0v) is 14.3. The minimum atomic E-state index is -1.10. The van der Waals surface area contributed by atoms with Crippen molar-refractivity contribution in [3.05, 3.63) is 48.4 Å². The third-order valence-electron chi connectivity index (χ3n) is 3.64. The average molecular weight is 367 g/mol. The number of hydrogen-bond donors (Lipinski definition) is 4. The molecule has 0 aliphatic carbocycles. The van der Waals surface area contributed by atoms with Crippen LogP contribution in [0.1, 0.15) is 10.5 Å². The number of methoxy groups -OCH3 is 1. The number of carbonyl (C=O) groups excluding carboxylic acids is 2. The summed E-state index contributed by atoms with van der Waals surface area (Å²) in [6.07, 6.45) is 1.86. The zero-order chi connectivity index (χ0) is 19.4. The van der Waals surface area contributed by atoms with E-state index in [9.17, 15) is 9.59 Å². The van der Waals surface area contributed by atoms with Gasteiger partial charge < -0.3 is 26.8 Å². The summed E-state index contributed by atoms with van der Waals surface area (Å²) in [4.78, 5) is 35.5. The van der Waals surface area contributed by atoms with Crippen molar-refractivity contribution in [3.8, 4) is 0 Å². The predicted molar refractivity (Wildman–Crippen MR) is 99.2 cm³/mol. The number of carbonyl (C=O) groups is 2. The number of amides is 2. The molecule has 27 heavy (non-hydrogen) atoms. The van der Waals surface area contributed by atoms with Gasteiger partial charge in [-0.15, -0.1) is 0 Å². The molecule has 10 heteroatoms. The molecule has 1 atom stereocenters. The van der Waals surface area contributed by atoms with Gasteiger partial charge in [0.2, 0.25) is 6.23 Å². The van der Waals surface area contributed by atoms with Gasteiger partial charge in [0.1, 0.15) is 5.82 Å². The molecular weight excluding hydrogens is 350 g/mol. The summed E-state index contributed by atoms with van der Waals surface area (Å²) in [5, 5.41) is 6.59. The first-order chi connectivity index (χ1) is 13.0. The van der Waals surface area contributed by atoms with Crippen molar-refractivity contribution in [3.63, 3.8) is 0 Å². The number of primary amides is 2. The number of pyridine rings is 1. The van der Waals surface area contributed by atoms with Gasteiger partial charge in [-0.25, -0.2) is 9.97 Å². The van der Waals surface area contributed by atoms with Crippen molar-refractivity contribution in [1.82, 2.24) is 15.0 Å². The van der Waals surface area contributed by atoms with Gasteiger partial charge in [-0.3, -0.25) is 14.6 Å². The topological polar surface area (TPSA) is 158 Å². The van der Waals surface area contributed by atoms with Crippen molar-refractivity contribution in [2.45, 2.75) is 6.23 Å². The van der Waals surface area contributed by atoms with Crippen molar-refractivity contribution in [2.24, 2.45) is 11.5 Å². The Morgan fingerprint density at radius 2 is 2.00 bits per heavy atom. The Balaban J connectivity index is 1.94. The molecule has 0 spiro atoms. The first kappa shape index (κ1) is 18.0. The predicted octanol–water partition coefficient (Wildman–Crippen LogP) is 0.737. The van der Waals surface area contributed by atoms with E-state index in [1.807, 2.05) is 24.3 Å². The summed E-state index contributed by atoms with van der Waals surface area (Å²) in [7, 11) is 1.32. The lowest BCUT2D eigenvalue weighted by Gasteiger charge is -2.15. The second-order valence-electron chi connectivity index (χ2n) is 5.52. The minimum Gasteiger partial charge on any atom is -0.366 e. The highest BCUT2D eigenvalue weighted by Gasteiger charge is 2.18. The van der Waals surface area contributed by atoms with Crippen LogP contribution in [-0.4, -0.2) is 40.1 Å². The molecule has 0 radical (unpaired) electrons. The lowest BCUT2D eigenvalue weighted by Crippen LogP contribution is -2.37. The Morgan fingerprint density at radius 3 is 2.70 bits per heavy atom. The Bertz CT molecular complexity index is 1010. The normalized spacial score (nSPS) is 11.7. The van der Waals surface area contributed by atoms with Crippen LogP contribution in [0.2, 0.25) is 0 Å². The van der Waals surface area contributed by atoms with Crippen molar-refractivity contribution < 1.29 is 14.3 Å². The number of ether oxygens (including phenoxy) is 1. The lowest BCUT2D eigenvalue weighted by atomic mass is 10.2. The van der Waals surface area contributed by atoms with Gasteiger partial charge in [-0.1, -0.05) is 6.07 Å². The quantitative estimate of drug-likeness (QED) is 0.445. The lowest BCUT2D eigenvalue weighted by molar-refractivity contribution is -0.126. The molecule has 0 fully saturated rings. The van der Waals surface area contributed by atoms with E-state index >= 15 is 0 Å². The largest absolute Gasteiger partial charge is 0.366 e. The third kappa shape index (κ3) is 4.07. The molecule has 6 N–H and O–H groups in total. The number of anilines is 3. The van der Waals surface area contributed by atoms with E-state index in [2.05, 4.69) is 25.6 Å². The molecule has 138 valence electrons. The van der Waals surface area contributed by atoms with Crippen molar-refractivity contribution >= 4 is 40.0 Å². The van der Waals surface area contributed by atoms with Crippen molar-refractivity contribution in [2.75, 3.05) is 17.7 Å². The van der Waals surface area contributed by atoms with Gasteiger partial charge in [0.25, 0.3) is 11.8 Å². The monoisotopic (exact) mass is 367 g/mol. The van der Waals surface area contributed by atoms with Crippen LogP contribution in [0, 0.1) is 0 Å². The first-order valence-electron chi connectivity index (χ1n) is 7.85. The number of fused-ring (bicyclic) bond motifs is 1. The van der Waals surface area contributed by atoms with Gasteiger partial charge in [0.15, 0.2) is 11.5 Å². The van der Waals surface area contributed by atoms with E-state index < -0.39 is 18.0 Å². The van der Waals surface area contributed by atoms with E-state index in [1.165, 1.54) is 13.3 Å². The Kier molecular flexibility index (Phi) is 5.08. The van der Waals surface area contributed by atoms with E-state index in [0.29, 0.717) is 5.69 Å². The molecule has 0 aliphatic heterocycles. The van der Waals surface area contributed by atoms with E-state index in [0.717, 1.165) is 10.9 Å². The van der Waals surface area contributed by atoms with E-state index in [-0.39, 0.29) is 17.3 Å². The van der Waals surface area contributed by atoms with E-state index in [4.69, 9.17) is 16.2 Å². The van der Waals surface area contributed by atoms with Gasteiger partial charge in [0.05, 0.1) is 11.7 Å². The van der Waals surface area contributed by atoms with Crippen LogP contribution in [0.15, 0.2) is 42.7 Å². The van der Waals surface area contributed by atoms with Gasteiger partial charge >= 0.3 is 0 Å². The van der Waals surface area contributed by atoms with Crippen LogP contribution in [0.3, 0.4) is 0 Å². The fourth-order valence-electron chi connectivity index (χ4n) is 2.40. The smallest absolute Gasteiger partial charge is 0.271 e. The average Bonchev–Trinajstić information content (AvgIpc) is 2.65. The highest BCUT2D eigenvalue weighted by molar-refractivity contribution is 5.96. The third-order valence-corrected chi connectivity index (χ3v) is 3.64. The number of benzene rings is 1. The molecular formula is C17H17N7O3. The number of aromatic nitrogens is 3. The molecule has 2 aromatic heterocycles. The number of nitrogens with one attached hydrogen (secondary N) is 2. The van der Waals surface area contributed by atoms with Crippen LogP contribution >= 0.6 is 0 Å². The summed E-state index contributed by atoms with van der Waals surface area (Å²) in [5.74, 6) is -1.18. The summed E-state index contributed by atoms with van der Waals surface area (Å²) >= 11 is 0. The van der Waals surface area contributed by atoms with E-state index in [1.54, 1.807) is 12.3 Å². The number of hydrogen-bond acceptors (Lipinski definition) is 8. The van der Waals surface area contributed by atoms with Crippen LogP contribution in [0.4, 0.5) is 17.3 Å². The second-order valence-corrected chi connectivity index (χ2v) is 5.52. The maximum Gasteiger partial charge on any atom is 0.271 e. The van der Waals surface area contributed by atoms with Crippen LogP contribution < -0.4 is 22.1 Å². The summed E-state index contributed by atoms with van der Waals surface area (Å²) in [5.41, 5.74) is 12.0. The number of nitrogens with two attached hydrogens (primary N) is 2. The summed E-state index contributed by atoms with van der Waals surface area (Å²) < 4.78 is 4.93. The number of nitrogens with zero attached hydrogens (tertiary/aromatic N) is 3. The summed E-state index contributed by atoms with van der Waals surface area (Å²) in [6.45, 7) is 0. The molecule has 2 heterocycles. The molecule has 3 aromatic rings. The number of rotatable bonds is 7. The van der Waals surface area contributed by atoms with Gasteiger partial charge in [0, 0.05) is 24.4 Å². The van der Waals surface area contributed by atoms with Crippen LogP contribution in [0.25, 0.3) is 10.9 Å². The first-order valence-corrected chi connectivity index (χ1v) is 7.85. The van der Waals surface area contributed by atoms with Crippen LogP contribution in [0.5, 0.6) is 0 Å². The zero-order valence-electron chi connectivity index (χ0n) is 14.3. The van der Waals surface area contributed by atoms with Crippen molar-refractivity contribution in [1.29, 1.82) is 0 Å². The highest BCUT2D eigenvalue weighted by Crippen LogP contribution is 2.22. The highest BCUT2D eigenvalue weighted by atomic mass is 16.5. The molecule has 0 bridgehead atoms. The molecule has 0 saturated heterocycles.